The molecule has 3 aliphatic rings. The van der Waals surface area contributed by atoms with Crippen molar-refractivity contribution in [3.63, 3.8) is 0 Å². The molecule has 0 spiro atoms. The molecule has 2 bridgehead atoms. The first-order valence-corrected chi connectivity index (χ1v) is 6.35. The maximum atomic E-state index is 12.1. The number of Topliss-reactive ketones (excluding diaryl/α,β-unsaturated/α-hetero) is 4. The van der Waals surface area contributed by atoms with E-state index in [0.717, 1.165) is 0 Å². The summed E-state index contributed by atoms with van der Waals surface area (Å²) in [5.74, 6) is -8.79. The van der Waals surface area contributed by atoms with Gasteiger partial charge in [-0.3, -0.25) is 19.2 Å². The van der Waals surface area contributed by atoms with Crippen LogP contribution < -0.4 is 0 Å². The number of ketones is 4. The van der Waals surface area contributed by atoms with Crippen LogP contribution in [0.25, 0.3) is 0 Å². The molecule has 10 heteroatoms. The summed E-state index contributed by atoms with van der Waals surface area (Å²) in [4.78, 5) is 47.5. The number of rotatable bonds is 0. The average molecular weight is 316 g/mol. The third kappa shape index (κ3) is 1.31. The van der Waals surface area contributed by atoms with E-state index in [1.807, 2.05) is 0 Å². The predicted octanol–water partition coefficient (Wildman–Crippen LogP) is -4.66. The molecule has 0 aromatic carbocycles. The third-order valence-electron chi connectivity index (χ3n) is 4.59. The molecule has 3 rings (SSSR count). The number of aliphatic hydroxyl groups excluding tert-OH is 2. The van der Waals surface area contributed by atoms with E-state index in [2.05, 4.69) is 0 Å². The van der Waals surface area contributed by atoms with Gasteiger partial charge in [-0.2, -0.15) is 0 Å². The van der Waals surface area contributed by atoms with Gasteiger partial charge in [0, 0.05) is 0 Å². The number of aliphatic hydroxyl groups is 5. The smallest absolute Gasteiger partial charge is 0.268 e. The minimum Gasteiger partial charge on any atom is -0.387 e. The van der Waals surface area contributed by atoms with Crippen LogP contribution >= 0.6 is 0 Å². The van der Waals surface area contributed by atoms with Crippen LogP contribution in [0, 0.1) is 0 Å². The third-order valence-corrected chi connectivity index (χ3v) is 4.59. The summed E-state index contributed by atoms with van der Waals surface area (Å²) in [6.07, 6.45) is -8.77. The van der Waals surface area contributed by atoms with Gasteiger partial charge in [0.05, 0.1) is 12.8 Å². The summed E-state index contributed by atoms with van der Waals surface area (Å²) in [5.41, 5.74) is -6.82. The zero-order valence-electron chi connectivity index (χ0n) is 10.9. The van der Waals surface area contributed by atoms with E-state index >= 15 is 0 Å². The largest absolute Gasteiger partial charge is 0.387 e. The standard InChI is InChI=1S/C12H12O10/c13-3-1-4(14)10(19)9(18)8(7(3)17)22-12(21)6(16)2-5(15)11(10,12)20/h7-9,17-21H,1-2H2/t7?,8-,9-,10+,11-,12?/m1/s1. The van der Waals surface area contributed by atoms with Gasteiger partial charge < -0.3 is 30.3 Å². The summed E-state index contributed by atoms with van der Waals surface area (Å²) in [6, 6.07) is 0. The Morgan fingerprint density at radius 3 is 2.09 bits per heavy atom. The van der Waals surface area contributed by atoms with Crippen molar-refractivity contribution in [2.45, 2.75) is 48.1 Å². The molecule has 10 nitrogen and oxygen atoms in total. The lowest BCUT2D eigenvalue weighted by atomic mass is 9.68. The molecule has 0 aromatic heterocycles. The van der Waals surface area contributed by atoms with E-state index in [-0.39, 0.29) is 0 Å². The first kappa shape index (κ1) is 15.3. The lowest BCUT2D eigenvalue weighted by molar-refractivity contribution is -0.371. The van der Waals surface area contributed by atoms with Crippen molar-refractivity contribution >= 4 is 23.1 Å². The van der Waals surface area contributed by atoms with Crippen LogP contribution in [-0.4, -0.2) is 84.0 Å². The van der Waals surface area contributed by atoms with Crippen LogP contribution in [0.5, 0.6) is 0 Å². The SMILES string of the molecule is O=C1CC(=O)[C@]2(O)[C@H](O)[C@H](OC3(O)C(=O)CC(=O)[C@]32O)C1O. The maximum Gasteiger partial charge on any atom is 0.268 e. The molecule has 22 heavy (non-hydrogen) atoms. The van der Waals surface area contributed by atoms with Gasteiger partial charge in [-0.15, -0.1) is 0 Å². The molecule has 1 heterocycles. The zero-order valence-corrected chi connectivity index (χ0v) is 10.9. The van der Waals surface area contributed by atoms with Crippen LogP contribution in [0.4, 0.5) is 0 Å². The number of ether oxygens (including phenoxy) is 1. The number of carbonyl (C=O) groups excluding carboxylic acids is 4. The van der Waals surface area contributed by atoms with E-state index in [0.29, 0.717) is 0 Å². The molecule has 0 amide bonds. The van der Waals surface area contributed by atoms with Gasteiger partial charge in [0.2, 0.25) is 11.4 Å². The van der Waals surface area contributed by atoms with E-state index in [4.69, 9.17) is 4.74 Å². The number of hydrogen-bond donors (Lipinski definition) is 5. The van der Waals surface area contributed by atoms with Crippen LogP contribution in [-0.2, 0) is 23.9 Å². The van der Waals surface area contributed by atoms with Crippen LogP contribution in [0.15, 0.2) is 0 Å². The lowest BCUT2D eigenvalue weighted by Gasteiger charge is -2.52. The Morgan fingerprint density at radius 1 is 0.909 bits per heavy atom. The topological polar surface area (TPSA) is 179 Å². The second kappa shape index (κ2) is 4.04. The first-order chi connectivity index (χ1) is 10.0. The molecule has 5 N–H and O–H groups in total. The Hall–Kier alpha value is -1.56. The summed E-state index contributed by atoms with van der Waals surface area (Å²) in [6.45, 7) is 0. The van der Waals surface area contributed by atoms with Crippen molar-refractivity contribution in [3.8, 4) is 0 Å². The summed E-state index contributed by atoms with van der Waals surface area (Å²) >= 11 is 0. The zero-order chi connectivity index (χ0) is 16.7. The minimum atomic E-state index is -3.46. The molecule has 3 fully saturated rings. The molecule has 120 valence electrons. The van der Waals surface area contributed by atoms with Crippen molar-refractivity contribution in [1.82, 2.24) is 0 Å². The minimum absolute atomic E-state index is 1.05. The highest BCUT2D eigenvalue weighted by Gasteiger charge is 2.83. The fourth-order valence-corrected chi connectivity index (χ4v) is 3.30. The Kier molecular flexibility index (Phi) is 2.82. The van der Waals surface area contributed by atoms with Gasteiger partial charge in [-0.1, -0.05) is 0 Å². The number of carbonyl (C=O) groups is 4. The second-order valence-corrected chi connectivity index (χ2v) is 5.68. The molecule has 6 atom stereocenters. The van der Waals surface area contributed by atoms with E-state index in [1.165, 1.54) is 0 Å². The fourth-order valence-electron chi connectivity index (χ4n) is 3.30. The summed E-state index contributed by atoms with van der Waals surface area (Å²) in [5, 5.41) is 51.0. The molecular weight excluding hydrogens is 304 g/mol. The Labute approximate surface area is 121 Å². The molecule has 2 saturated carbocycles. The summed E-state index contributed by atoms with van der Waals surface area (Å²) in [7, 11) is 0. The number of fused-ring (bicyclic) bond motifs is 4. The van der Waals surface area contributed by atoms with Gasteiger partial charge in [-0.25, -0.2) is 0 Å². The monoisotopic (exact) mass is 316 g/mol. The van der Waals surface area contributed by atoms with Crippen LogP contribution in [0.1, 0.15) is 12.8 Å². The predicted molar refractivity (Wildman–Crippen MR) is 61.0 cm³/mol. The Bertz CT molecular complexity index is 627. The molecule has 1 aliphatic heterocycles. The average Bonchev–Trinajstić information content (AvgIpc) is 2.60. The highest BCUT2D eigenvalue weighted by atomic mass is 16.7. The van der Waals surface area contributed by atoms with Crippen LogP contribution in [0.3, 0.4) is 0 Å². The van der Waals surface area contributed by atoms with Crippen molar-refractivity contribution < 1.29 is 49.4 Å². The first-order valence-electron chi connectivity index (χ1n) is 6.35. The quantitative estimate of drug-likeness (QED) is 0.273. The molecule has 1 saturated heterocycles. The Morgan fingerprint density at radius 2 is 1.50 bits per heavy atom. The molecule has 0 radical (unpaired) electrons. The van der Waals surface area contributed by atoms with Crippen molar-refractivity contribution in [2.24, 2.45) is 0 Å². The van der Waals surface area contributed by atoms with Crippen molar-refractivity contribution in [1.29, 1.82) is 0 Å². The van der Waals surface area contributed by atoms with E-state index in [1.54, 1.807) is 0 Å². The molecular formula is C12H12O10. The second-order valence-electron chi connectivity index (χ2n) is 5.68. The number of hydrogen-bond acceptors (Lipinski definition) is 10. The molecule has 2 aliphatic carbocycles. The van der Waals surface area contributed by atoms with E-state index in [9.17, 15) is 44.7 Å². The van der Waals surface area contributed by atoms with Gasteiger partial charge in [-0.05, 0) is 0 Å². The van der Waals surface area contributed by atoms with Gasteiger partial charge >= 0.3 is 0 Å². The van der Waals surface area contributed by atoms with Crippen LogP contribution in [0.2, 0.25) is 0 Å². The molecule has 2 unspecified atom stereocenters. The van der Waals surface area contributed by atoms with Gasteiger partial charge in [0.25, 0.3) is 5.79 Å². The van der Waals surface area contributed by atoms with Crippen molar-refractivity contribution in [3.05, 3.63) is 0 Å². The maximum absolute atomic E-state index is 12.1. The Balaban J connectivity index is 2.32. The normalized spacial score (nSPS) is 51.8. The van der Waals surface area contributed by atoms with E-state index < -0.39 is 71.3 Å². The highest BCUT2D eigenvalue weighted by molar-refractivity contribution is 6.20. The fraction of sp³-hybridized carbons (Fsp3) is 0.667. The van der Waals surface area contributed by atoms with Gasteiger partial charge in [0.1, 0.15) is 18.3 Å². The highest BCUT2D eigenvalue weighted by Crippen LogP contribution is 2.51. The van der Waals surface area contributed by atoms with Crippen molar-refractivity contribution in [2.75, 3.05) is 0 Å². The lowest BCUT2D eigenvalue weighted by Crippen LogP contribution is -2.83. The molecule has 0 aromatic rings. The van der Waals surface area contributed by atoms with Gasteiger partial charge in [0.15, 0.2) is 23.0 Å². The summed E-state index contributed by atoms with van der Waals surface area (Å²) < 4.78 is 4.74.